The second-order valence-corrected chi connectivity index (χ2v) is 2.83. The van der Waals surface area contributed by atoms with Gasteiger partial charge >= 0.3 is 11.9 Å². The molecule has 0 rings (SSSR count). The minimum atomic E-state index is -0.654. The molecule has 0 aliphatic rings. The summed E-state index contributed by atoms with van der Waals surface area (Å²) in [6.07, 6.45) is 1.44. The standard InChI is InChI=1S/C11H16O5/c1-5-15-10(12)6-7-11(13)16-9(3)8(2)14-4/h6-7,9H,2,5H2,1,3-4H3/b7-6-. The van der Waals surface area contributed by atoms with Gasteiger partial charge < -0.3 is 14.2 Å². The Hall–Kier alpha value is -1.78. The summed E-state index contributed by atoms with van der Waals surface area (Å²) in [7, 11) is 1.43. The molecule has 0 heterocycles. The van der Waals surface area contributed by atoms with Crippen LogP contribution in [0, 0.1) is 0 Å². The molecule has 0 N–H and O–H groups in total. The third-order valence-electron chi connectivity index (χ3n) is 1.65. The zero-order chi connectivity index (χ0) is 12.6. The Balaban J connectivity index is 4.08. The summed E-state index contributed by atoms with van der Waals surface area (Å²) in [5.74, 6) is -0.908. The molecule has 0 saturated carbocycles. The molecule has 0 aliphatic heterocycles. The highest BCUT2D eigenvalue weighted by atomic mass is 16.6. The number of esters is 2. The van der Waals surface area contributed by atoms with Gasteiger partial charge in [-0.3, -0.25) is 0 Å². The molecule has 0 amide bonds. The van der Waals surface area contributed by atoms with Crippen molar-refractivity contribution in [1.29, 1.82) is 0 Å². The van der Waals surface area contributed by atoms with Gasteiger partial charge in [0.25, 0.3) is 0 Å². The van der Waals surface area contributed by atoms with Crippen molar-refractivity contribution < 1.29 is 23.8 Å². The van der Waals surface area contributed by atoms with Gasteiger partial charge in [-0.25, -0.2) is 9.59 Å². The Morgan fingerprint density at radius 1 is 1.31 bits per heavy atom. The molecule has 0 aromatic carbocycles. The van der Waals surface area contributed by atoms with Crippen LogP contribution in [0.2, 0.25) is 0 Å². The molecule has 0 aliphatic carbocycles. The highest BCUT2D eigenvalue weighted by molar-refractivity contribution is 5.91. The lowest BCUT2D eigenvalue weighted by Gasteiger charge is -2.12. The maximum absolute atomic E-state index is 11.2. The number of ether oxygens (including phenoxy) is 3. The molecule has 0 aromatic heterocycles. The number of carbonyl (C=O) groups excluding carboxylic acids is 2. The maximum Gasteiger partial charge on any atom is 0.331 e. The Morgan fingerprint density at radius 3 is 2.38 bits per heavy atom. The van der Waals surface area contributed by atoms with Crippen LogP contribution in [-0.2, 0) is 23.8 Å². The largest absolute Gasteiger partial charge is 0.498 e. The quantitative estimate of drug-likeness (QED) is 0.388. The fourth-order valence-electron chi connectivity index (χ4n) is 0.772. The van der Waals surface area contributed by atoms with Crippen LogP contribution < -0.4 is 0 Å². The van der Waals surface area contributed by atoms with E-state index in [9.17, 15) is 9.59 Å². The van der Waals surface area contributed by atoms with Crippen LogP contribution in [0.5, 0.6) is 0 Å². The van der Waals surface area contributed by atoms with Crippen LogP contribution in [0.25, 0.3) is 0 Å². The highest BCUT2D eigenvalue weighted by Crippen LogP contribution is 2.04. The lowest BCUT2D eigenvalue weighted by atomic mass is 10.3. The van der Waals surface area contributed by atoms with Crippen LogP contribution in [-0.4, -0.2) is 31.8 Å². The van der Waals surface area contributed by atoms with Crippen LogP contribution in [0.3, 0.4) is 0 Å². The molecule has 90 valence electrons. The van der Waals surface area contributed by atoms with E-state index in [4.69, 9.17) is 9.47 Å². The van der Waals surface area contributed by atoms with Crippen LogP contribution in [0.15, 0.2) is 24.5 Å². The fraction of sp³-hybridized carbons (Fsp3) is 0.455. The summed E-state index contributed by atoms with van der Waals surface area (Å²) in [6.45, 7) is 7.08. The van der Waals surface area contributed by atoms with Gasteiger partial charge in [-0.2, -0.15) is 0 Å². The molecule has 1 atom stereocenters. The summed E-state index contributed by atoms with van der Waals surface area (Å²) in [5.41, 5.74) is 0. The van der Waals surface area contributed by atoms with E-state index in [-0.39, 0.29) is 6.61 Å². The predicted octanol–water partition coefficient (Wildman–Crippen LogP) is 1.20. The Morgan fingerprint density at radius 2 is 1.88 bits per heavy atom. The van der Waals surface area contributed by atoms with Crippen molar-refractivity contribution in [2.75, 3.05) is 13.7 Å². The molecule has 1 unspecified atom stereocenters. The molecular weight excluding hydrogens is 212 g/mol. The second-order valence-electron chi connectivity index (χ2n) is 2.83. The van der Waals surface area contributed by atoms with Crippen molar-refractivity contribution in [1.82, 2.24) is 0 Å². The summed E-state index contributed by atoms with van der Waals surface area (Å²) >= 11 is 0. The van der Waals surface area contributed by atoms with E-state index in [1.807, 2.05) is 0 Å². The van der Waals surface area contributed by atoms with Crippen LogP contribution in [0.4, 0.5) is 0 Å². The van der Waals surface area contributed by atoms with E-state index in [1.54, 1.807) is 13.8 Å². The molecule has 0 aromatic rings. The van der Waals surface area contributed by atoms with Crippen LogP contribution >= 0.6 is 0 Å². The number of hydrogen-bond donors (Lipinski definition) is 0. The molecule has 0 fully saturated rings. The first kappa shape index (κ1) is 14.2. The van der Waals surface area contributed by atoms with E-state index in [1.165, 1.54) is 7.11 Å². The first-order valence-corrected chi connectivity index (χ1v) is 4.79. The van der Waals surface area contributed by atoms with Crippen molar-refractivity contribution in [2.45, 2.75) is 20.0 Å². The van der Waals surface area contributed by atoms with Gasteiger partial charge in [0.2, 0.25) is 0 Å². The van der Waals surface area contributed by atoms with E-state index >= 15 is 0 Å². The van der Waals surface area contributed by atoms with E-state index in [0.717, 1.165) is 12.2 Å². The Kier molecular flexibility index (Phi) is 6.67. The molecule has 5 nitrogen and oxygen atoms in total. The zero-order valence-corrected chi connectivity index (χ0v) is 9.69. The molecular formula is C11H16O5. The SMILES string of the molecule is C=C(OC)C(C)OC(=O)/C=C\C(=O)OCC. The van der Waals surface area contributed by atoms with Gasteiger partial charge in [0.05, 0.1) is 13.7 Å². The lowest BCUT2D eigenvalue weighted by molar-refractivity contribution is -0.143. The molecule has 5 heteroatoms. The second kappa shape index (κ2) is 7.50. The van der Waals surface area contributed by atoms with Crippen molar-refractivity contribution in [3.05, 3.63) is 24.5 Å². The molecule has 0 spiro atoms. The third-order valence-corrected chi connectivity index (χ3v) is 1.65. The third kappa shape index (κ3) is 5.85. The zero-order valence-electron chi connectivity index (χ0n) is 9.69. The fourth-order valence-corrected chi connectivity index (χ4v) is 0.772. The molecule has 0 saturated heterocycles. The summed E-state index contributed by atoms with van der Waals surface area (Å²) in [5, 5.41) is 0. The van der Waals surface area contributed by atoms with Crippen molar-refractivity contribution in [3.8, 4) is 0 Å². The first-order chi connectivity index (χ1) is 7.51. The number of methoxy groups -OCH3 is 1. The number of rotatable bonds is 6. The molecule has 0 radical (unpaired) electrons. The Bertz CT molecular complexity index is 293. The smallest absolute Gasteiger partial charge is 0.331 e. The van der Waals surface area contributed by atoms with Gasteiger partial charge in [-0.1, -0.05) is 6.58 Å². The van der Waals surface area contributed by atoms with Gasteiger partial charge in [0.15, 0.2) is 6.10 Å². The predicted molar refractivity (Wildman–Crippen MR) is 57.5 cm³/mol. The van der Waals surface area contributed by atoms with Crippen molar-refractivity contribution >= 4 is 11.9 Å². The average molecular weight is 228 g/mol. The van der Waals surface area contributed by atoms with E-state index < -0.39 is 18.0 Å². The summed E-state index contributed by atoms with van der Waals surface area (Å²) < 4.78 is 14.3. The number of hydrogen-bond acceptors (Lipinski definition) is 5. The summed E-state index contributed by atoms with van der Waals surface area (Å²) in [4.78, 5) is 22.0. The average Bonchev–Trinajstić information content (AvgIpc) is 2.25. The summed E-state index contributed by atoms with van der Waals surface area (Å²) in [6, 6.07) is 0. The Labute approximate surface area is 94.7 Å². The van der Waals surface area contributed by atoms with Gasteiger partial charge in [-0.15, -0.1) is 0 Å². The van der Waals surface area contributed by atoms with Crippen LogP contribution in [0.1, 0.15) is 13.8 Å². The molecule has 16 heavy (non-hydrogen) atoms. The first-order valence-electron chi connectivity index (χ1n) is 4.79. The lowest BCUT2D eigenvalue weighted by Crippen LogP contribution is -2.16. The van der Waals surface area contributed by atoms with Gasteiger partial charge in [0, 0.05) is 12.2 Å². The van der Waals surface area contributed by atoms with E-state index in [2.05, 4.69) is 11.3 Å². The molecule has 0 bridgehead atoms. The number of carbonyl (C=O) groups is 2. The monoisotopic (exact) mass is 228 g/mol. The van der Waals surface area contributed by atoms with Gasteiger partial charge in [0.1, 0.15) is 5.76 Å². The van der Waals surface area contributed by atoms with Crippen molar-refractivity contribution in [2.24, 2.45) is 0 Å². The van der Waals surface area contributed by atoms with Crippen molar-refractivity contribution in [3.63, 3.8) is 0 Å². The minimum absolute atomic E-state index is 0.259. The normalized spacial score (nSPS) is 11.9. The topological polar surface area (TPSA) is 61.8 Å². The van der Waals surface area contributed by atoms with Gasteiger partial charge in [-0.05, 0) is 13.8 Å². The maximum atomic E-state index is 11.2. The highest BCUT2D eigenvalue weighted by Gasteiger charge is 2.11. The minimum Gasteiger partial charge on any atom is -0.498 e. The van der Waals surface area contributed by atoms with E-state index in [0.29, 0.717) is 5.76 Å².